The Bertz CT molecular complexity index is 642. The Morgan fingerprint density at radius 2 is 1.26 bits per heavy atom. The third-order valence-corrected chi connectivity index (χ3v) is 4.00. The summed E-state index contributed by atoms with van der Waals surface area (Å²) in [7, 11) is 0. The van der Waals surface area contributed by atoms with Gasteiger partial charge < -0.3 is 4.79 Å². The lowest BCUT2D eigenvalue weighted by molar-refractivity contribution is -0.118. The summed E-state index contributed by atoms with van der Waals surface area (Å²) in [6.45, 7) is 9.96. The summed E-state index contributed by atoms with van der Waals surface area (Å²) in [6, 6.07) is 17.7. The molecule has 0 aromatic heterocycles. The number of hydrogen-bond acceptors (Lipinski definition) is 2. The molecular weight excluding hydrogens is 332 g/mol. The number of carbonyl (C=O) groups excluding carboxylic acids is 2. The van der Waals surface area contributed by atoms with E-state index in [9.17, 15) is 9.59 Å². The number of carbonyl (C=O) groups is 2. The van der Waals surface area contributed by atoms with Crippen LogP contribution in [0.1, 0.15) is 70.6 Å². The van der Waals surface area contributed by atoms with E-state index in [1.807, 2.05) is 68.4 Å². The fourth-order valence-corrected chi connectivity index (χ4v) is 2.38. The second kappa shape index (κ2) is 16.0. The van der Waals surface area contributed by atoms with Gasteiger partial charge in [0.1, 0.15) is 11.6 Å². The molecule has 0 saturated carbocycles. The van der Waals surface area contributed by atoms with Gasteiger partial charge in [0.15, 0.2) is 0 Å². The second-order valence-electron chi connectivity index (χ2n) is 6.35. The zero-order valence-corrected chi connectivity index (χ0v) is 17.8. The highest BCUT2D eigenvalue weighted by atomic mass is 16.1. The number of ketones is 2. The standard InChI is InChI=1S/C19H20O2.C4H10.C2H6/c1-15(20)11-12-17-9-5-6-10-18(17)14-19(21)13-16-7-3-2-4-8-16;1-3-4-2;1-2/h2-10H,11-14H2,1H3;3-4H2,1-2H3;1-2H3. The van der Waals surface area contributed by atoms with E-state index in [1.54, 1.807) is 6.92 Å². The van der Waals surface area contributed by atoms with Crippen molar-refractivity contribution in [2.45, 2.75) is 73.1 Å². The molecule has 0 saturated heterocycles. The van der Waals surface area contributed by atoms with E-state index in [1.165, 1.54) is 12.8 Å². The molecule has 0 radical (unpaired) electrons. The van der Waals surface area contributed by atoms with Crippen molar-refractivity contribution in [2.24, 2.45) is 0 Å². The van der Waals surface area contributed by atoms with Gasteiger partial charge in [-0.1, -0.05) is 95.1 Å². The van der Waals surface area contributed by atoms with E-state index in [0.717, 1.165) is 16.7 Å². The number of rotatable bonds is 8. The van der Waals surface area contributed by atoms with E-state index in [4.69, 9.17) is 0 Å². The molecule has 0 aliphatic carbocycles. The van der Waals surface area contributed by atoms with Crippen LogP contribution in [0, 0.1) is 0 Å². The minimum atomic E-state index is 0.181. The summed E-state index contributed by atoms with van der Waals surface area (Å²) < 4.78 is 0. The van der Waals surface area contributed by atoms with Crippen molar-refractivity contribution in [2.75, 3.05) is 0 Å². The highest BCUT2D eigenvalue weighted by Gasteiger charge is 2.09. The second-order valence-corrected chi connectivity index (χ2v) is 6.35. The third kappa shape index (κ3) is 11.9. The molecule has 0 spiro atoms. The molecule has 2 heteroatoms. The van der Waals surface area contributed by atoms with Crippen LogP contribution in [0.15, 0.2) is 54.6 Å². The quantitative estimate of drug-likeness (QED) is 0.540. The highest BCUT2D eigenvalue weighted by molar-refractivity contribution is 5.83. The van der Waals surface area contributed by atoms with Gasteiger partial charge in [-0.05, 0) is 30.0 Å². The Labute approximate surface area is 166 Å². The molecule has 0 unspecified atom stereocenters. The number of aryl methyl sites for hydroxylation is 1. The van der Waals surface area contributed by atoms with Gasteiger partial charge in [-0.3, -0.25) is 4.79 Å². The van der Waals surface area contributed by atoms with Gasteiger partial charge in [0.25, 0.3) is 0 Å². The van der Waals surface area contributed by atoms with Crippen molar-refractivity contribution in [1.29, 1.82) is 0 Å². The Morgan fingerprint density at radius 3 is 1.78 bits per heavy atom. The van der Waals surface area contributed by atoms with Gasteiger partial charge in [0.05, 0.1) is 0 Å². The summed E-state index contributed by atoms with van der Waals surface area (Å²) in [4.78, 5) is 23.3. The Hall–Kier alpha value is -2.22. The van der Waals surface area contributed by atoms with Gasteiger partial charge in [0.2, 0.25) is 0 Å². The van der Waals surface area contributed by atoms with E-state index < -0.39 is 0 Å². The van der Waals surface area contributed by atoms with Crippen LogP contribution in [-0.2, 0) is 28.9 Å². The van der Waals surface area contributed by atoms with Crippen molar-refractivity contribution in [3.8, 4) is 0 Å². The Kier molecular flexibility index (Phi) is 14.7. The number of benzene rings is 2. The maximum Gasteiger partial charge on any atom is 0.141 e. The first-order valence-electron chi connectivity index (χ1n) is 10.2. The Balaban J connectivity index is 0.000000998. The smallest absolute Gasteiger partial charge is 0.141 e. The van der Waals surface area contributed by atoms with E-state index in [-0.39, 0.29) is 11.6 Å². The molecule has 0 heterocycles. The van der Waals surface area contributed by atoms with Crippen molar-refractivity contribution in [3.05, 3.63) is 71.3 Å². The van der Waals surface area contributed by atoms with Gasteiger partial charge in [-0.2, -0.15) is 0 Å². The van der Waals surface area contributed by atoms with Crippen LogP contribution in [0.4, 0.5) is 0 Å². The molecule has 2 nitrogen and oxygen atoms in total. The summed E-state index contributed by atoms with van der Waals surface area (Å²) in [6.07, 6.45) is 4.78. The van der Waals surface area contributed by atoms with E-state index in [0.29, 0.717) is 25.7 Å². The predicted octanol–water partition coefficient (Wildman–Crippen LogP) is 6.40. The monoisotopic (exact) mass is 368 g/mol. The first kappa shape index (κ1) is 24.8. The molecule has 0 bridgehead atoms. The van der Waals surface area contributed by atoms with Crippen molar-refractivity contribution in [3.63, 3.8) is 0 Å². The van der Waals surface area contributed by atoms with Crippen LogP contribution in [0.2, 0.25) is 0 Å². The van der Waals surface area contributed by atoms with Crippen molar-refractivity contribution in [1.82, 2.24) is 0 Å². The van der Waals surface area contributed by atoms with Crippen LogP contribution in [0.25, 0.3) is 0 Å². The summed E-state index contributed by atoms with van der Waals surface area (Å²) in [5.41, 5.74) is 3.19. The zero-order chi connectivity index (χ0) is 20.5. The Morgan fingerprint density at radius 1 is 0.741 bits per heavy atom. The minimum absolute atomic E-state index is 0.181. The van der Waals surface area contributed by atoms with Gasteiger partial charge in [-0.25, -0.2) is 0 Å². The van der Waals surface area contributed by atoms with Crippen LogP contribution in [0.3, 0.4) is 0 Å². The molecule has 148 valence electrons. The average molecular weight is 369 g/mol. The van der Waals surface area contributed by atoms with E-state index in [2.05, 4.69) is 13.8 Å². The lowest BCUT2D eigenvalue weighted by Gasteiger charge is -2.08. The maximum atomic E-state index is 12.2. The predicted molar refractivity (Wildman–Crippen MR) is 116 cm³/mol. The molecule has 0 atom stereocenters. The number of unbranched alkanes of at least 4 members (excludes halogenated alkanes) is 1. The van der Waals surface area contributed by atoms with Gasteiger partial charge in [-0.15, -0.1) is 0 Å². The summed E-state index contributed by atoms with van der Waals surface area (Å²) >= 11 is 0. The molecule has 0 aliphatic heterocycles. The molecule has 0 N–H and O–H groups in total. The highest BCUT2D eigenvalue weighted by Crippen LogP contribution is 2.14. The third-order valence-electron chi connectivity index (χ3n) is 4.00. The molecular formula is C25H36O2. The van der Waals surface area contributed by atoms with Gasteiger partial charge >= 0.3 is 0 Å². The number of hydrogen-bond donors (Lipinski definition) is 0. The lowest BCUT2D eigenvalue weighted by Crippen LogP contribution is -2.09. The lowest BCUT2D eigenvalue weighted by atomic mass is 9.96. The molecule has 2 aromatic carbocycles. The first-order chi connectivity index (χ1) is 13.1. The molecule has 0 fully saturated rings. The van der Waals surface area contributed by atoms with Crippen molar-refractivity contribution < 1.29 is 9.59 Å². The average Bonchev–Trinajstić information content (AvgIpc) is 2.69. The fourth-order valence-electron chi connectivity index (χ4n) is 2.38. The normalized spacial score (nSPS) is 9.37. The molecule has 2 rings (SSSR count). The SMILES string of the molecule is CC.CC(=O)CCc1ccccc1CC(=O)Cc1ccccc1.CCCC. The topological polar surface area (TPSA) is 34.1 Å². The maximum absolute atomic E-state index is 12.2. The van der Waals surface area contributed by atoms with Crippen LogP contribution < -0.4 is 0 Å². The zero-order valence-electron chi connectivity index (χ0n) is 17.8. The van der Waals surface area contributed by atoms with Crippen LogP contribution in [0.5, 0.6) is 0 Å². The summed E-state index contributed by atoms with van der Waals surface area (Å²) in [5, 5.41) is 0. The summed E-state index contributed by atoms with van der Waals surface area (Å²) in [5.74, 6) is 0.386. The van der Waals surface area contributed by atoms with E-state index >= 15 is 0 Å². The first-order valence-corrected chi connectivity index (χ1v) is 10.2. The van der Waals surface area contributed by atoms with Crippen LogP contribution >= 0.6 is 0 Å². The fraction of sp³-hybridized carbons (Fsp3) is 0.440. The minimum Gasteiger partial charge on any atom is -0.300 e. The number of Topliss-reactive ketones (excluding diaryl/α,β-unsaturated/α-hetero) is 2. The molecule has 0 aliphatic rings. The van der Waals surface area contributed by atoms with Gasteiger partial charge in [0, 0.05) is 19.3 Å². The van der Waals surface area contributed by atoms with Crippen LogP contribution in [-0.4, -0.2) is 11.6 Å². The molecule has 2 aromatic rings. The van der Waals surface area contributed by atoms with Crippen molar-refractivity contribution >= 4 is 11.6 Å². The molecule has 0 amide bonds. The molecule has 27 heavy (non-hydrogen) atoms. The largest absolute Gasteiger partial charge is 0.300 e.